The lowest BCUT2D eigenvalue weighted by Crippen LogP contribution is -2.23. The first-order chi connectivity index (χ1) is 9.09. The van der Waals surface area contributed by atoms with E-state index in [2.05, 4.69) is 0 Å². The molecule has 1 aromatic carbocycles. The number of rotatable bonds is 4. The second-order valence-electron chi connectivity index (χ2n) is 5.56. The van der Waals surface area contributed by atoms with Crippen molar-refractivity contribution < 1.29 is 15.0 Å². The Bertz CT molecular complexity index is 416. The van der Waals surface area contributed by atoms with Gasteiger partial charge in [0.1, 0.15) is 5.92 Å². The van der Waals surface area contributed by atoms with E-state index in [9.17, 15) is 9.90 Å². The van der Waals surface area contributed by atoms with Gasteiger partial charge >= 0.3 is 5.97 Å². The van der Waals surface area contributed by atoms with Crippen LogP contribution in [0.25, 0.3) is 0 Å². The summed E-state index contributed by atoms with van der Waals surface area (Å²) in [6.07, 6.45) is 5.50. The zero-order valence-corrected chi connectivity index (χ0v) is 11.4. The van der Waals surface area contributed by atoms with Crippen LogP contribution in [0.3, 0.4) is 0 Å². The van der Waals surface area contributed by atoms with Crippen molar-refractivity contribution in [3.8, 4) is 0 Å². The molecule has 3 nitrogen and oxygen atoms in total. The Labute approximate surface area is 114 Å². The van der Waals surface area contributed by atoms with E-state index in [1.807, 2.05) is 24.3 Å². The molecule has 2 N–H and O–H groups in total. The summed E-state index contributed by atoms with van der Waals surface area (Å²) in [5.74, 6) is -1.18. The summed E-state index contributed by atoms with van der Waals surface area (Å²) in [5, 5.41) is 18.7. The van der Waals surface area contributed by atoms with Gasteiger partial charge in [-0.2, -0.15) is 0 Å². The minimum absolute atomic E-state index is 0.623. The number of carboxylic acid groups (broad SMARTS) is 1. The molecule has 0 aliphatic heterocycles. The third-order valence-electron chi connectivity index (χ3n) is 4.12. The van der Waals surface area contributed by atoms with Gasteiger partial charge in [0.05, 0.1) is 6.10 Å². The largest absolute Gasteiger partial charge is 0.481 e. The van der Waals surface area contributed by atoms with Crippen molar-refractivity contribution in [3.63, 3.8) is 0 Å². The van der Waals surface area contributed by atoms with Crippen LogP contribution in [0.4, 0.5) is 0 Å². The van der Waals surface area contributed by atoms with Gasteiger partial charge in [0, 0.05) is 0 Å². The fraction of sp³-hybridized carbons (Fsp3) is 0.562. The van der Waals surface area contributed by atoms with E-state index in [-0.39, 0.29) is 0 Å². The molecule has 0 unspecified atom stereocenters. The first kappa shape index (κ1) is 14.1. The monoisotopic (exact) mass is 262 g/mol. The second kappa shape index (κ2) is 6.20. The highest BCUT2D eigenvalue weighted by Crippen LogP contribution is 2.33. The van der Waals surface area contributed by atoms with Crippen LogP contribution in [0.2, 0.25) is 0 Å². The van der Waals surface area contributed by atoms with Crippen LogP contribution in [-0.2, 0) is 4.79 Å². The molecular formula is C16H22O3. The Morgan fingerprint density at radius 1 is 1.16 bits per heavy atom. The van der Waals surface area contributed by atoms with Crippen LogP contribution in [0.15, 0.2) is 24.3 Å². The lowest BCUT2D eigenvalue weighted by atomic mass is 9.83. The van der Waals surface area contributed by atoms with E-state index in [4.69, 9.17) is 5.11 Å². The number of carboxylic acids is 1. The van der Waals surface area contributed by atoms with Crippen LogP contribution in [0.1, 0.15) is 62.0 Å². The molecule has 0 radical (unpaired) electrons. The first-order valence-corrected chi connectivity index (χ1v) is 7.10. The Morgan fingerprint density at radius 3 is 2.21 bits per heavy atom. The molecule has 1 aliphatic carbocycles. The quantitative estimate of drug-likeness (QED) is 0.875. The third-order valence-corrected chi connectivity index (χ3v) is 4.12. The molecule has 1 aliphatic rings. The van der Waals surface area contributed by atoms with E-state index in [1.165, 1.54) is 44.6 Å². The summed E-state index contributed by atoms with van der Waals surface area (Å²) < 4.78 is 0. The number of aliphatic hydroxyl groups is 1. The molecule has 2 rings (SSSR count). The van der Waals surface area contributed by atoms with Crippen LogP contribution in [0.5, 0.6) is 0 Å². The molecule has 2 atom stereocenters. The zero-order valence-electron chi connectivity index (χ0n) is 11.4. The molecule has 104 valence electrons. The zero-order chi connectivity index (χ0) is 13.8. The average Bonchev–Trinajstić information content (AvgIpc) is 2.40. The molecule has 0 spiro atoms. The fourth-order valence-electron chi connectivity index (χ4n) is 3.04. The Morgan fingerprint density at radius 2 is 1.74 bits per heavy atom. The van der Waals surface area contributed by atoms with Crippen molar-refractivity contribution >= 4 is 5.97 Å². The molecular weight excluding hydrogens is 240 g/mol. The molecule has 1 fully saturated rings. The summed E-state index contributed by atoms with van der Waals surface area (Å²) in [5.41, 5.74) is 1.99. The Kier molecular flexibility index (Phi) is 4.59. The summed E-state index contributed by atoms with van der Waals surface area (Å²) in [6, 6.07) is 7.78. The predicted octanol–water partition coefficient (Wildman–Crippen LogP) is 3.28. The standard InChI is InChI=1S/C16H22O3/c1-11(17)15(16(18)19)14-9-7-13(8-10-14)12-5-3-2-4-6-12/h7-12,15,17H,2-6H2,1H3,(H,18,19)/t11-,15+/m0/s1. The number of carbonyl (C=O) groups is 1. The lowest BCUT2D eigenvalue weighted by Gasteiger charge is -2.23. The second-order valence-corrected chi connectivity index (χ2v) is 5.56. The Hall–Kier alpha value is -1.35. The van der Waals surface area contributed by atoms with Gasteiger partial charge in [0.25, 0.3) is 0 Å². The number of hydrogen-bond acceptors (Lipinski definition) is 2. The Balaban J connectivity index is 2.14. The fourth-order valence-corrected chi connectivity index (χ4v) is 3.04. The van der Waals surface area contributed by atoms with Gasteiger partial charge in [-0.05, 0) is 36.8 Å². The van der Waals surface area contributed by atoms with Gasteiger partial charge in [0.2, 0.25) is 0 Å². The summed E-state index contributed by atoms with van der Waals surface area (Å²) >= 11 is 0. The van der Waals surface area contributed by atoms with Crippen LogP contribution >= 0.6 is 0 Å². The van der Waals surface area contributed by atoms with E-state index in [1.54, 1.807) is 0 Å². The number of aliphatic carboxylic acids is 1. The predicted molar refractivity (Wildman–Crippen MR) is 74.3 cm³/mol. The number of aliphatic hydroxyl groups excluding tert-OH is 1. The van der Waals surface area contributed by atoms with Crippen molar-refractivity contribution in [2.75, 3.05) is 0 Å². The minimum Gasteiger partial charge on any atom is -0.481 e. The summed E-state index contributed by atoms with van der Waals surface area (Å²) in [7, 11) is 0. The van der Waals surface area contributed by atoms with Gasteiger partial charge in [0.15, 0.2) is 0 Å². The smallest absolute Gasteiger partial charge is 0.313 e. The number of benzene rings is 1. The first-order valence-electron chi connectivity index (χ1n) is 7.10. The maximum absolute atomic E-state index is 11.2. The molecule has 1 aromatic rings. The van der Waals surface area contributed by atoms with E-state index in [0.29, 0.717) is 11.5 Å². The van der Waals surface area contributed by atoms with Crippen molar-refractivity contribution in [2.45, 2.75) is 57.0 Å². The molecule has 19 heavy (non-hydrogen) atoms. The molecule has 0 heterocycles. The van der Waals surface area contributed by atoms with Crippen molar-refractivity contribution in [1.29, 1.82) is 0 Å². The highest BCUT2D eigenvalue weighted by atomic mass is 16.4. The normalized spacial score (nSPS) is 19.9. The molecule has 0 amide bonds. The topological polar surface area (TPSA) is 57.5 Å². The molecule has 1 saturated carbocycles. The van der Waals surface area contributed by atoms with Gasteiger partial charge in [-0.1, -0.05) is 43.5 Å². The third kappa shape index (κ3) is 3.35. The van der Waals surface area contributed by atoms with Crippen LogP contribution in [-0.4, -0.2) is 22.3 Å². The van der Waals surface area contributed by atoms with E-state index < -0.39 is 18.0 Å². The molecule has 0 bridgehead atoms. The van der Waals surface area contributed by atoms with Crippen molar-refractivity contribution in [1.82, 2.24) is 0 Å². The van der Waals surface area contributed by atoms with Crippen molar-refractivity contribution in [2.24, 2.45) is 0 Å². The van der Waals surface area contributed by atoms with E-state index >= 15 is 0 Å². The SMILES string of the molecule is C[C@H](O)[C@@H](C(=O)O)c1ccc(C2CCCCC2)cc1. The maximum Gasteiger partial charge on any atom is 0.313 e. The van der Waals surface area contributed by atoms with Crippen molar-refractivity contribution in [3.05, 3.63) is 35.4 Å². The van der Waals surface area contributed by atoms with Gasteiger partial charge in [-0.3, -0.25) is 4.79 Å². The maximum atomic E-state index is 11.2. The van der Waals surface area contributed by atoms with Gasteiger partial charge < -0.3 is 10.2 Å². The van der Waals surface area contributed by atoms with E-state index in [0.717, 1.165) is 0 Å². The summed E-state index contributed by atoms with van der Waals surface area (Å²) in [6.45, 7) is 1.52. The highest BCUT2D eigenvalue weighted by Gasteiger charge is 2.25. The summed E-state index contributed by atoms with van der Waals surface area (Å²) in [4.78, 5) is 11.2. The van der Waals surface area contributed by atoms with Crippen LogP contribution < -0.4 is 0 Å². The van der Waals surface area contributed by atoms with Crippen LogP contribution in [0, 0.1) is 0 Å². The lowest BCUT2D eigenvalue weighted by molar-refractivity contribution is -0.141. The average molecular weight is 262 g/mol. The molecule has 3 heteroatoms. The van der Waals surface area contributed by atoms with Gasteiger partial charge in [-0.25, -0.2) is 0 Å². The minimum atomic E-state index is -0.972. The molecule has 0 saturated heterocycles. The molecule has 0 aromatic heterocycles. The van der Waals surface area contributed by atoms with Gasteiger partial charge in [-0.15, -0.1) is 0 Å². The highest BCUT2D eigenvalue weighted by molar-refractivity contribution is 5.76. The number of hydrogen-bond donors (Lipinski definition) is 2.